The van der Waals surface area contributed by atoms with Crippen LogP contribution in [0, 0.1) is 0 Å². The molecule has 28 heavy (non-hydrogen) atoms. The minimum Gasteiger partial charge on any atom is -0.331 e. The summed E-state index contributed by atoms with van der Waals surface area (Å²) in [5.41, 5.74) is 0.652. The number of amides is 5. The molecule has 2 aromatic rings. The Morgan fingerprint density at radius 2 is 2.07 bits per heavy atom. The fourth-order valence-electron chi connectivity index (χ4n) is 4.01. The van der Waals surface area contributed by atoms with Crippen molar-refractivity contribution in [1.29, 1.82) is 0 Å². The third-order valence-corrected chi connectivity index (χ3v) is 5.56. The zero-order valence-electron chi connectivity index (χ0n) is 15.2. The lowest BCUT2D eigenvalue weighted by atomic mass is 9.77. The molecule has 0 unspecified atom stereocenters. The number of urea groups is 2. The van der Waals surface area contributed by atoms with E-state index in [1.54, 1.807) is 6.07 Å². The van der Waals surface area contributed by atoms with Crippen LogP contribution in [0.2, 0.25) is 5.02 Å². The van der Waals surface area contributed by atoms with Gasteiger partial charge in [0.2, 0.25) is 0 Å². The largest absolute Gasteiger partial charge is 0.333 e. The van der Waals surface area contributed by atoms with Gasteiger partial charge >= 0.3 is 12.1 Å². The number of pyridine rings is 1. The van der Waals surface area contributed by atoms with Gasteiger partial charge in [-0.1, -0.05) is 41.9 Å². The molecule has 1 aliphatic carbocycles. The number of aromatic nitrogens is 1. The molecule has 1 aromatic heterocycles. The number of aryl methyl sites for hydroxylation is 1. The number of nitrogens with zero attached hydrogens (tertiary/aromatic N) is 2. The van der Waals surface area contributed by atoms with E-state index in [1.807, 2.05) is 37.3 Å². The molecule has 144 valence electrons. The molecule has 1 aromatic carbocycles. The lowest BCUT2D eigenvalue weighted by molar-refractivity contribution is -0.127. The van der Waals surface area contributed by atoms with E-state index in [0.29, 0.717) is 35.5 Å². The first kappa shape index (κ1) is 18.4. The Morgan fingerprint density at radius 3 is 2.82 bits per heavy atom. The fourth-order valence-corrected chi connectivity index (χ4v) is 4.17. The average Bonchev–Trinajstić information content (AvgIpc) is 2.93. The number of nitrogens with one attached hydrogen (secondary N) is 2. The van der Waals surface area contributed by atoms with Crippen molar-refractivity contribution in [2.75, 3.05) is 0 Å². The smallest absolute Gasteiger partial charge is 0.331 e. The van der Waals surface area contributed by atoms with Crippen LogP contribution in [0.15, 0.2) is 42.6 Å². The van der Waals surface area contributed by atoms with E-state index in [2.05, 4.69) is 15.6 Å². The highest BCUT2D eigenvalue weighted by Gasteiger charge is 2.59. The highest BCUT2D eigenvalue weighted by atomic mass is 35.5. The van der Waals surface area contributed by atoms with Gasteiger partial charge in [-0.05, 0) is 37.8 Å². The summed E-state index contributed by atoms with van der Waals surface area (Å²) in [4.78, 5) is 43.9. The summed E-state index contributed by atoms with van der Waals surface area (Å²) in [5.74, 6) is -0.523. The Kier molecular flexibility index (Phi) is 4.55. The van der Waals surface area contributed by atoms with Gasteiger partial charge in [-0.15, -0.1) is 0 Å². The second kappa shape index (κ2) is 6.91. The molecule has 4 rings (SSSR count). The highest BCUT2D eigenvalue weighted by molar-refractivity contribution is 6.30. The highest BCUT2D eigenvalue weighted by Crippen LogP contribution is 2.43. The van der Waals surface area contributed by atoms with Crippen LogP contribution in [-0.4, -0.2) is 27.9 Å². The van der Waals surface area contributed by atoms with Crippen LogP contribution < -0.4 is 10.6 Å². The summed E-state index contributed by atoms with van der Waals surface area (Å²) in [6.45, 7) is 1.82. The molecule has 1 fully saturated rings. The van der Waals surface area contributed by atoms with Gasteiger partial charge < -0.3 is 5.32 Å². The zero-order chi connectivity index (χ0) is 19.9. The maximum Gasteiger partial charge on any atom is 0.333 e. The SMILES string of the molecule is C[C@H](NC(=O)N1C(=O)NC(=O)[C@]12CCCc1ncc(Cl)cc12)c1ccccc1. The van der Waals surface area contributed by atoms with Crippen LogP contribution in [0.5, 0.6) is 0 Å². The normalized spacial score (nSPS) is 22.0. The molecule has 0 bridgehead atoms. The number of imide groups is 2. The van der Waals surface area contributed by atoms with Crippen LogP contribution in [0.1, 0.15) is 42.6 Å². The summed E-state index contributed by atoms with van der Waals surface area (Å²) in [7, 11) is 0. The molecule has 7 nitrogen and oxygen atoms in total. The van der Waals surface area contributed by atoms with Gasteiger partial charge in [0.05, 0.1) is 11.1 Å². The van der Waals surface area contributed by atoms with Gasteiger partial charge in [0, 0.05) is 17.5 Å². The predicted molar refractivity (Wildman–Crippen MR) is 103 cm³/mol. The summed E-state index contributed by atoms with van der Waals surface area (Å²) in [5, 5.41) is 5.48. The van der Waals surface area contributed by atoms with Gasteiger partial charge in [0.25, 0.3) is 5.91 Å². The third kappa shape index (κ3) is 2.82. The van der Waals surface area contributed by atoms with Crippen LogP contribution >= 0.6 is 11.6 Å². The number of benzene rings is 1. The maximum atomic E-state index is 13.1. The topological polar surface area (TPSA) is 91.4 Å². The van der Waals surface area contributed by atoms with Crippen molar-refractivity contribution in [1.82, 2.24) is 20.5 Å². The molecule has 1 saturated heterocycles. The Morgan fingerprint density at radius 1 is 1.32 bits per heavy atom. The first-order valence-electron chi connectivity index (χ1n) is 9.09. The van der Waals surface area contributed by atoms with Crippen molar-refractivity contribution in [2.24, 2.45) is 0 Å². The molecule has 2 aliphatic rings. The van der Waals surface area contributed by atoms with Crippen LogP contribution in [0.25, 0.3) is 0 Å². The van der Waals surface area contributed by atoms with E-state index >= 15 is 0 Å². The molecule has 1 aliphatic heterocycles. The molecule has 1 spiro atoms. The first-order chi connectivity index (χ1) is 13.4. The van der Waals surface area contributed by atoms with Gasteiger partial charge in [-0.2, -0.15) is 0 Å². The Hall–Kier alpha value is -2.93. The van der Waals surface area contributed by atoms with E-state index in [4.69, 9.17) is 11.6 Å². The van der Waals surface area contributed by atoms with E-state index in [9.17, 15) is 14.4 Å². The second-order valence-corrected chi connectivity index (χ2v) is 7.47. The van der Waals surface area contributed by atoms with Crippen LogP contribution in [0.4, 0.5) is 9.59 Å². The first-order valence-corrected chi connectivity index (χ1v) is 9.47. The van der Waals surface area contributed by atoms with Crippen molar-refractivity contribution in [2.45, 2.75) is 37.8 Å². The monoisotopic (exact) mass is 398 g/mol. The Labute approximate surface area is 167 Å². The van der Waals surface area contributed by atoms with Gasteiger partial charge in [0.1, 0.15) is 0 Å². The maximum absolute atomic E-state index is 13.1. The van der Waals surface area contributed by atoms with Crippen molar-refractivity contribution < 1.29 is 14.4 Å². The van der Waals surface area contributed by atoms with Crippen LogP contribution in [0.3, 0.4) is 0 Å². The molecule has 2 N–H and O–H groups in total. The quantitative estimate of drug-likeness (QED) is 0.759. The number of carbonyl (C=O) groups is 3. The fraction of sp³-hybridized carbons (Fsp3) is 0.300. The molecule has 2 heterocycles. The number of halogens is 1. The predicted octanol–water partition coefficient (Wildman–Crippen LogP) is 3.29. The van der Waals surface area contributed by atoms with Crippen molar-refractivity contribution in [3.05, 3.63) is 64.4 Å². The minimum atomic E-state index is -1.43. The summed E-state index contributed by atoms with van der Waals surface area (Å²) >= 11 is 6.12. The summed E-state index contributed by atoms with van der Waals surface area (Å²) in [6.07, 6.45) is 3.12. The third-order valence-electron chi connectivity index (χ3n) is 5.36. The molecular weight excluding hydrogens is 380 g/mol. The molecule has 8 heteroatoms. The number of carbonyl (C=O) groups excluding carboxylic acids is 3. The number of hydrogen-bond acceptors (Lipinski definition) is 4. The number of rotatable bonds is 2. The minimum absolute atomic E-state index is 0.326. The van der Waals surface area contributed by atoms with E-state index in [-0.39, 0.29) is 6.04 Å². The summed E-state index contributed by atoms with van der Waals surface area (Å²) in [6, 6.07) is 9.31. The molecular formula is C20H19ClN4O3. The lowest BCUT2D eigenvalue weighted by Gasteiger charge is -2.38. The van der Waals surface area contributed by atoms with Crippen molar-refractivity contribution in [3.63, 3.8) is 0 Å². The van der Waals surface area contributed by atoms with E-state index < -0.39 is 23.5 Å². The molecule has 2 atom stereocenters. The standard InChI is InChI=1S/C20H19ClN4O3/c1-12(13-6-3-2-4-7-13)23-18(27)25-19(28)24-17(26)20(25)9-5-8-16-15(20)10-14(21)11-22-16/h2-4,6-7,10-12H,5,8-9H2,1H3,(H,23,27)(H,24,26,28)/t12-,20+/m0/s1. The van der Waals surface area contributed by atoms with Crippen molar-refractivity contribution >= 4 is 29.6 Å². The molecule has 0 saturated carbocycles. The Balaban J connectivity index is 1.72. The van der Waals surface area contributed by atoms with Crippen molar-refractivity contribution in [3.8, 4) is 0 Å². The lowest BCUT2D eigenvalue weighted by Crippen LogP contribution is -2.55. The van der Waals surface area contributed by atoms with Gasteiger partial charge in [-0.3, -0.25) is 15.1 Å². The van der Waals surface area contributed by atoms with Gasteiger partial charge in [0.15, 0.2) is 5.54 Å². The average molecular weight is 399 g/mol. The second-order valence-electron chi connectivity index (χ2n) is 7.04. The number of hydrogen-bond donors (Lipinski definition) is 2. The summed E-state index contributed by atoms with van der Waals surface area (Å²) < 4.78 is 0. The molecule has 5 amide bonds. The Bertz CT molecular complexity index is 965. The molecule has 0 radical (unpaired) electrons. The van der Waals surface area contributed by atoms with Gasteiger partial charge in [-0.25, -0.2) is 14.5 Å². The van der Waals surface area contributed by atoms with E-state index in [1.165, 1.54) is 6.20 Å². The van der Waals surface area contributed by atoms with Crippen LogP contribution in [-0.2, 0) is 16.8 Å². The number of fused-ring (bicyclic) bond motifs is 2. The zero-order valence-corrected chi connectivity index (χ0v) is 16.0. The van der Waals surface area contributed by atoms with E-state index in [0.717, 1.165) is 10.5 Å².